The van der Waals surface area contributed by atoms with Crippen LogP contribution in [0.15, 0.2) is 48.7 Å². The molecule has 6 nitrogen and oxygen atoms in total. The third kappa shape index (κ3) is 3.80. The zero-order valence-corrected chi connectivity index (χ0v) is 12.7. The van der Waals surface area contributed by atoms with E-state index in [1.54, 1.807) is 48.7 Å². The second kappa shape index (κ2) is 6.68. The highest BCUT2D eigenvalue weighted by Crippen LogP contribution is 2.18. The number of fused-ring (bicyclic) bond motifs is 1. The number of carbonyl (C=O) groups excluding carboxylic acids is 1. The Morgan fingerprint density at radius 3 is 2.87 bits per heavy atom. The van der Waals surface area contributed by atoms with Crippen LogP contribution in [0, 0.1) is 0 Å². The van der Waals surface area contributed by atoms with E-state index < -0.39 is 12.0 Å². The molecule has 118 valence electrons. The van der Waals surface area contributed by atoms with E-state index >= 15 is 0 Å². The number of hydrogen-bond donors (Lipinski definition) is 3. The number of nitrogens with one attached hydrogen (secondary N) is 2. The summed E-state index contributed by atoms with van der Waals surface area (Å²) in [5, 5.41) is 20.7. The van der Waals surface area contributed by atoms with Gasteiger partial charge in [0.2, 0.25) is 0 Å². The minimum atomic E-state index is -1.29. The highest BCUT2D eigenvalue weighted by atomic mass is 35.5. The molecule has 0 radical (unpaired) electrons. The Morgan fingerprint density at radius 2 is 2.09 bits per heavy atom. The lowest BCUT2D eigenvalue weighted by Gasteiger charge is -2.13. The Labute approximate surface area is 137 Å². The Hall–Kier alpha value is -2.57. The molecule has 0 aliphatic rings. The van der Waals surface area contributed by atoms with E-state index in [9.17, 15) is 9.90 Å². The van der Waals surface area contributed by atoms with Gasteiger partial charge in [-0.2, -0.15) is 5.10 Å². The maximum absolute atomic E-state index is 12.0. The lowest BCUT2D eigenvalue weighted by molar-refractivity contribution is -0.125. The van der Waals surface area contributed by atoms with Gasteiger partial charge in [-0.3, -0.25) is 9.89 Å². The van der Waals surface area contributed by atoms with Crippen molar-refractivity contribution >= 4 is 34.1 Å². The lowest BCUT2D eigenvalue weighted by Crippen LogP contribution is -2.32. The van der Waals surface area contributed by atoms with Gasteiger partial charge in [0.25, 0.3) is 5.91 Å². The van der Waals surface area contributed by atoms with E-state index in [0.717, 1.165) is 10.9 Å². The summed E-state index contributed by atoms with van der Waals surface area (Å²) in [7, 11) is 0. The van der Waals surface area contributed by atoms with Gasteiger partial charge >= 0.3 is 0 Å². The Bertz CT molecular complexity index is 817. The minimum Gasteiger partial charge on any atom is -0.490 e. The standard InChI is InChI=1S/C16H14ClN3O3/c17-11-1-4-13(5-2-11)23-9-15(21)16(22)19-12-3-6-14-10(7-12)8-18-20-14/h1-8,15,21H,9H2,(H,18,20)(H,19,22)/t15-/m1/s1. The summed E-state index contributed by atoms with van der Waals surface area (Å²) < 4.78 is 5.35. The molecule has 0 spiro atoms. The Morgan fingerprint density at radius 1 is 1.30 bits per heavy atom. The molecule has 1 amide bonds. The monoisotopic (exact) mass is 331 g/mol. The largest absolute Gasteiger partial charge is 0.490 e. The normalized spacial score (nSPS) is 12.1. The molecule has 1 heterocycles. The average molecular weight is 332 g/mol. The number of carbonyl (C=O) groups is 1. The summed E-state index contributed by atoms with van der Waals surface area (Å²) >= 11 is 5.77. The number of aliphatic hydroxyl groups is 1. The molecule has 23 heavy (non-hydrogen) atoms. The summed E-state index contributed by atoms with van der Waals surface area (Å²) in [4.78, 5) is 12.0. The molecule has 1 aromatic heterocycles. The van der Waals surface area contributed by atoms with E-state index in [2.05, 4.69) is 15.5 Å². The quantitative estimate of drug-likeness (QED) is 0.670. The maximum atomic E-state index is 12.0. The van der Waals surface area contributed by atoms with Gasteiger partial charge in [-0.1, -0.05) is 11.6 Å². The van der Waals surface area contributed by atoms with Crippen LogP contribution in [0.5, 0.6) is 5.75 Å². The predicted octanol–water partition coefficient (Wildman–Crippen LogP) is 2.59. The molecule has 0 saturated carbocycles. The number of aliphatic hydroxyl groups excluding tert-OH is 1. The fourth-order valence-electron chi connectivity index (χ4n) is 2.03. The van der Waals surface area contributed by atoms with E-state index in [0.29, 0.717) is 16.5 Å². The van der Waals surface area contributed by atoms with Crippen LogP contribution < -0.4 is 10.1 Å². The summed E-state index contributed by atoms with van der Waals surface area (Å²) in [6.07, 6.45) is 0.371. The molecule has 0 aliphatic carbocycles. The van der Waals surface area contributed by atoms with Gasteiger partial charge < -0.3 is 15.2 Å². The van der Waals surface area contributed by atoms with Crippen LogP contribution in [0.4, 0.5) is 5.69 Å². The molecule has 3 aromatic rings. The number of ether oxygens (including phenoxy) is 1. The molecule has 3 rings (SSSR count). The van der Waals surface area contributed by atoms with E-state index in [-0.39, 0.29) is 6.61 Å². The van der Waals surface area contributed by atoms with Crippen molar-refractivity contribution in [3.63, 3.8) is 0 Å². The van der Waals surface area contributed by atoms with Crippen LogP contribution in [0.1, 0.15) is 0 Å². The van der Waals surface area contributed by atoms with Crippen LogP contribution in [-0.2, 0) is 4.79 Å². The molecular weight excluding hydrogens is 318 g/mol. The molecule has 1 atom stereocenters. The lowest BCUT2D eigenvalue weighted by atomic mass is 10.2. The van der Waals surface area contributed by atoms with Gasteiger partial charge in [0, 0.05) is 16.1 Å². The molecule has 0 saturated heterocycles. The molecular formula is C16H14ClN3O3. The number of amides is 1. The SMILES string of the molecule is O=C(Nc1ccc2[nH]ncc2c1)[C@H](O)COc1ccc(Cl)cc1. The van der Waals surface area contributed by atoms with E-state index in [1.165, 1.54) is 0 Å². The third-order valence-corrected chi connectivity index (χ3v) is 3.48. The summed E-state index contributed by atoms with van der Waals surface area (Å²) in [5.74, 6) is -0.0112. The Kier molecular flexibility index (Phi) is 4.45. The van der Waals surface area contributed by atoms with Crippen LogP contribution >= 0.6 is 11.6 Å². The van der Waals surface area contributed by atoms with Crippen molar-refractivity contribution in [3.05, 3.63) is 53.7 Å². The maximum Gasteiger partial charge on any atom is 0.256 e. The van der Waals surface area contributed by atoms with Gasteiger partial charge in [0.15, 0.2) is 6.10 Å². The number of H-pyrrole nitrogens is 1. The highest BCUT2D eigenvalue weighted by molar-refractivity contribution is 6.30. The van der Waals surface area contributed by atoms with Gasteiger partial charge in [0.1, 0.15) is 12.4 Å². The highest BCUT2D eigenvalue weighted by Gasteiger charge is 2.16. The number of aromatic nitrogens is 2. The van der Waals surface area contributed by atoms with E-state index in [1.807, 2.05) is 0 Å². The van der Waals surface area contributed by atoms with Crippen LogP contribution in [0.2, 0.25) is 5.02 Å². The summed E-state index contributed by atoms with van der Waals surface area (Å²) in [6, 6.07) is 12.0. The van der Waals surface area contributed by atoms with Crippen molar-refractivity contribution in [1.82, 2.24) is 10.2 Å². The number of rotatable bonds is 5. The van der Waals surface area contributed by atoms with Gasteiger partial charge in [-0.25, -0.2) is 0 Å². The number of anilines is 1. The van der Waals surface area contributed by atoms with Gasteiger partial charge in [0.05, 0.1) is 11.7 Å². The zero-order chi connectivity index (χ0) is 16.2. The first-order chi connectivity index (χ1) is 11.1. The first-order valence-electron chi connectivity index (χ1n) is 6.92. The van der Waals surface area contributed by atoms with Crippen LogP contribution in [0.25, 0.3) is 10.9 Å². The summed E-state index contributed by atoms with van der Waals surface area (Å²) in [5.41, 5.74) is 1.45. The first-order valence-corrected chi connectivity index (χ1v) is 7.30. The molecule has 3 N–H and O–H groups in total. The predicted molar refractivity (Wildman–Crippen MR) is 87.7 cm³/mol. The fraction of sp³-hybridized carbons (Fsp3) is 0.125. The van der Waals surface area contributed by atoms with Crippen molar-refractivity contribution in [2.24, 2.45) is 0 Å². The van der Waals surface area contributed by atoms with E-state index in [4.69, 9.17) is 16.3 Å². The fourth-order valence-corrected chi connectivity index (χ4v) is 2.15. The molecule has 0 unspecified atom stereocenters. The molecule has 0 fully saturated rings. The number of aromatic amines is 1. The van der Waals surface area contributed by atoms with Crippen LogP contribution in [0.3, 0.4) is 0 Å². The molecule has 7 heteroatoms. The Balaban J connectivity index is 1.57. The minimum absolute atomic E-state index is 0.151. The first kappa shape index (κ1) is 15.3. The van der Waals surface area contributed by atoms with Crippen molar-refractivity contribution in [3.8, 4) is 5.75 Å². The molecule has 2 aromatic carbocycles. The molecule has 0 bridgehead atoms. The second-order valence-corrected chi connectivity index (χ2v) is 5.38. The number of benzene rings is 2. The average Bonchev–Trinajstić information content (AvgIpc) is 3.01. The smallest absolute Gasteiger partial charge is 0.256 e. The van der Waals surface area contributed by atoms with Crippen molar-refractivity contribution < 1.29 is 14.6 Å². The summed E-state index contributed by atoms with van der Waals surface area (Å²) in [6.45, 7) is -0.151. The number of hydrogen-bond acceptors (Lipinski definition) is 4. The number of nitrogens with zero attached hydrogens (tertiary/aromatic N) is 1. The van der Waals surface area contributed by atoms with Crippen molar-refractivity contribution in [1.29, 1.82) is 0 Å². The number of halogens is 1. The topological polar surface area (TPSA) is 87.2 Å². The van der Waals surface area contributed by atoms with Gasteiger partial charge in [-0.05, 0) is 42.5 Å². The van der Waals surface area contributed by atoms with Crippen LogP contribution in [-0.4, -0.2) is 33.9 Å². The van der Waals surface area contributed by atoms with Crippen molar-refractivity contribution in [2.45, 2.75) is 6.10 Å². The molecule has 0 aliphatic heterocycles. The zero-order valence-electron chi connectivity index (χ0n) is 12.0. The third-order valence-electron chi connectivity index (χ3n) is 3.23. The van der Waals surface area contributed by atoms with Gasteiger partial charge in [-0.15, -0.1) is 0 Å². The second-order valence-electron chi connectivity index (χ2n) is 4.94. The van der Waals surface area contributed by atoms with Crippen molar-refractivity contribution in [2.75, 3.05) is 11.9 Å².